The van der Waals surface area contributed by atoms with Gasteiger partial charge in [-0.3, -0.25) is 4.90 Å². The summed E-state index contributed by atoms with van der Waals surface area (Å²) >= 11 is 12.3. The molecule has 0 saturated carbocycles. The summed E-state index contributed by atoms with van der Waals surface area (Å²) in [5.74, 6) is 0. The first-order chi connectivity index (χ1) is 8.02. The first-order valence-corrected chi connectivity index (χ1v) is 6.64. The number of halogens is 2. The molecule has 0 aliphatic carbocycles. The van der Waals surface area contributed by atoms with Gasteiger partial charge in [-0.25, -0.2) is 0 Å². The predicted molar refractivity (Wildman–Crippen MR) is 75.8 cm³/mol. The third kappa shape index (κ3) is 3.35. The van der Waals surface area contributed by atoms with Crippen LogP contribution in [-0.4, -0.2) is 24.5 Å². The van der Waals surface area contributed by atoms with Crippen LogP contribution in [0.15, 0.2) is 18.2 Å². The van der Waals surface area contributed by atoms with Gasteiger partial charge >= 0.3 is 0 Å². The molecule has 1 aromatic rings. The minimum Gasteiger partial charge on any atom is -0.329 e. The molecule has 96 valence electrons. The van der Waals surface area contributed by atoms with Gasteiger partial charge in [-0.1, -0.05) is 42.3 Å². The van der Waals surface area contributed by atoms with E-state index in [9.17, 15) is 0 Å². The molecule has 0 amide bonds. The summed E-state index contributed by atoms with van der Waals surface area (Å²) < 4.78 is 0. The van der Waals surface area contributed by atoms with Gasteiger partial charge in [-0.05, 0) is 32.0 Å². The molecule has 0 spiro atoms. The van der Waals surface area contributed by atoms with Gasteiger partial charge in [0.25, 0.3) is 0 Å². The quantitative estimate of drug-likeness (QED) is 0.887. The highest BCUT2D eigenvalue weighted by Crippen LogP contribution is 2.32. The molecule has 0 aromatic heterocycles. The molecule has 0 radical (unpaired) electrons. The largest absolute Gasteiger partial charge is 0.329 e. The van der Waals surface area contributed by atoms with Gasteiger partial charge in [-0.2, -0.15) is 0 Å². The summed E-state index contributed by atoms with van der Waals surface area (Å²) in [6.07, 6.45) is 1.07. The molecule has 0 aliphatic heterocycles. The van der Waals surface area contributed by atoms with Crippen LogP contribution in [0.3, 0.4) is 0 Å². The zero-order valence-corrected chi connectivity index (χ0v) is 12.1. The van der Waals surface area contributed by atoms with Crippen LogP contribution in [0.4, 0.5) is 0 Å². The standard InChI is InChI=1S/C13H20Cl2N2/c1-4-9(2)17(3)12(8-16)10-6-5-7-11(14)13(10)15/h5-7,9,12H,4,8,16H2,1-3H3. The molecule has 0 bridgehead atoms. The van der Waals surface area contributed by atoms with Gasteiger partial charge in [-0.15, -0.1) is 0 Å². The number of benzene rings is 1. The van der Waals surface area contributed by atoms with Crippen molar-refractivity contribution in [3.8, 4) is 0 Å². The smallest absolute Gasteiger partial charge is 0.0640 e. The molecule has 4 heteroatoms. The molecule has 0 aliphatic rings. The highest BCUT2D eigenvalue weighted by atomic mass is 35.5. The molecule has 17 heavy (non-hydrogen) atoms. The van der Waals surface area contributed by atoms with Crippen molar-refractivity contribution in [1.29, 1.82) is 0 Å². The van der Waals surface area contributed by atoms with Crippen LogP contribution in [0.5, 0.6) is 0 Å². The Morgan fingerprint density at radius 2 is 2.00 bits per heavy atom. The van der Waals surface area contributed by atoms with E-state index in [1.165, 1.54) is 0 Å². The van der Waals surface area contributed by atoms with E-state index in [-0.39, 0.29) is 6.04 Å². The molecular weight excluding hydrogens is 255 g/mol. The Labute approximate surface area is 114 Å². The molecule has 0 saturated heterocycles. The lowest BCUT2D eigenvalue weighted by atomic mass is 10.0. The van der Waals surface area contributed by atoms with Crippen LogP contribution in [0.25, 0.3) is 0 Å². The monoisotopic (exact) mass is 274 g/mol. The molecule has 2 N–H and O–H groups in total. The molecule has 2 nitrogen and oxygen atoms in total. The summed E-state index contributed by atoms with van der Waals surface area (Å²) in [6, 6.07) is 6.26. The Hall–Kier alpha value is -0.280. The maximum atomic E-state index is 6.24. The van der Waals surface area contributed by atoms with E-state index in [0.29, 0.717) is 22.6 Å². The van der Waals surface area contributed by atoms with E-state index in [0.717, 1.165) is 12.0 Å². The molecule has 1 rings (SSSR count). The Morgan fingerprint density at radius 3 is 2.53 bits per heavy atom. The first kappa shape index (κ1) is 14.8. The Bertz CT molecular complexity index is 368. The number of hydrogen-bond donors (Lipinski definition) is 1. The second-order valence-corrected chi connectivity index (χ2v) is 5.10. The lowest BCUT2D eigenvalue weighted by Gasteiger charge is -2.32. The van der Waals surface area contributed by atoms with Crippen LogP contribution in [0.1, 0.15) is 31.9 Å². The van der Waals surface area contributed by atoms with Crippen LogP contribution in [0.2, 0.25) is 10.0 Å². The van der Waals surface area contributed by atoms with Crippen molar-refractivity contribution in [2.24, 2.45) is 5.73 Å². The van der Waals surface area contributed by atoms with Crippen molar-refractivity contribution in [3.63, 3.8) is 0 Å². The van der Waals surface area contributed by atoms with Crippen molar-refractivity contribution < 1.29 is 0 Å². The number of nitrogens with two attached hydrogens (primary N) is 1. The highest BCUT2D eigenvalue weighted by molar-refractivity contribution is 6.42. The minimum atomic E-state index is 0.108. The number of nitrogens with zero attached hydrogens (tertiary/aromatic N) is 1. The fraction of sp³-hybridized carbons (Fsp3) is 0.538. The van der Waals surface area contributed by atoms with E-state index in [1.54, 1.807) is 6.07 Å². The molecule has 1 aromatic carbocycles. The van der Waals surface area contributed by atoms with Gasteiger partial charge in [0.2, 0.25) is 0 Å². The van der Waals surface area contributed by atoms with Gasteiger partial charge in [0.15, 0.2) is 0 Å². The molecule has 2 atom stereocenters. The predicted octanol–water partition coefficient (Wildman–Crippen LogP) is 3.72. The minimum absolute atomic E-state index is 0.108. The van der Waals surface area contributed by atoms with Crippen molar-refractivity contribution in [2.75, 3.05) is 13.6 Å². The van der Waals surface area contributed by atoms with Crippen LogP contribution in [-0.2, 0) is 0 Å². The molecule has 0 fully saturated rings. The van der Waals surface area contributed by atoms with Crippen molar-refractivity contribution in [3.05, 3.63) is 33.8 Å². The third-order valence-corrected chi connectivity index (χ3v) is 4.17. The van der Waals surface area contributed by atoms with Crippen LogP contribution >= 0.6 is 23.2 Å². The lowest BCUT2D eigenvalue weighted by molar-refractivity contribution is 0.185. The van der Waals surface area contributed by atoms with Crippen molar-refractivity contribution >= 4 is 23.2 Å². The molecule has 2 unspecified atom stereocenters. The van der Waals surface area contributed by atoms with E-state index >= 15 is 0 Å². The van der Waals surface area contributed by atoms with Crippen molar-refractivity contribution in [1.82, 2.24) is 4.90 Å². The van der Waals surface area contributed by atoms with Gasteiger partial charge < -0.3 is 5.73 Å². The normalized spacial score (nSPS) is 15.0. The fourth-order valence-corrected chi connectivity index (χ4v) is 2.32. The summed E-state index contributed by atoms with van der Waals surface area (Å²) in [7, 11) is 2.07. The van der Waals surface area contributed by atoms with Crippen molar-refractivity contribution in [2.45, 2.75) is 32.4 Å². The summed E-state index contributed by atoms with van der Waals surface area (Å²) in [5.41, 5.74) is 6.88. The summed E-state index contributed by atoms with van der Waals surface area (Å²) in [6.45, 7) is 4.87. The van der Waals surface area contributed by atoms with E-state index in [4.69, 9.17) is 28.9 Å². The second kappa shape index (κ2) is 6.60. The molecule has 0 heterocycles. The number of likely N-dealkylation sites (N-methyl/N-ethyl adjacent to an activating group) is 1. The average Bonchev–Trinajstić information content (AvgIpc) is 2.34. The highest BCUT2D eigenvalue weighted by Gasteiger charge is 2.22. The zero-order valence-electron chi connectivity index (χ0n) is 10.6. The van der Waals surface area contributed by atoms with E-state index < -0.39 is 0 Å². The summed E-state index contributed by atoms with van der Waals surface area (Å²) in [4.78, 5) is 2.25. The van der Waals surface area contributed by atoms with Gasteiger partial charge in [0.05, 0.1) is 10.0 Å². The van der Waals surface area contributed by atoms with Crippen LogP contribution in [0, 0.1) is 0 Å². The number of rotatable bonds is 5. The van der Waals surface area contributed by atoms with Crippen LogP contribution < -0.4 is 5.73 Å². The average molecular weight is 275 g/mol. The van der Waals surface area contributed by atoms with E-state index in [1.807, 2.05) is 12.1 Å². The van der Waals surface area contributed by atoms with E-state index in [2.05, 4.69) is 25.8 Å². The Morgan fingerprint density at radius 1 is 1.35 bits per heavy atom. The Balaban J connectivity index is 3.05. The Kier molecular flexibility index (Phi) is 5.74. The topological polar surface area (TPSA) is 29.3 Å². The maximum absolute atomic E-state index is 6.24. The van der Waals surface area contributed by atoms with Gasteiger partial charge in [0.1, 0.15) is 0 Å². The van der Waals surface area contributed by atoms with Gasteiger partial charge in [0, 0.05) is 18.6 Å². The third-order valence-electron chi connectivity index (χ3n) is 3.34. The molecular formula is C13H20Cl2N2. The SMILES string of the molecule is CCC(C)N(C)C(CN)c1cccc(Cl)c1Cl. The lowest BCUT2D eigenvalue weighted by Crippen LogP contribution is -2.36. The summed E-state index contributed by atoms with van der Waals surface area (Å²) in [5, 5.41) is 1.19. The fourth-order valence-electron chi connectivity index (χ4n) is 1.89. The number of hydrogen-bond acceptors (Lipinski definition) is 2. The zero-order chi connectivity index (χ0) is 13.0. The second-order valence-electron chi connectivity index (χ2n) is 4.32. The first-order valence-electron chi connectivity index (χ1n) is 5.88. The maximum Gasteiger partial charge on any atom is 0.0640 e.